The molecule has 0 saturated heterocycles. The van der Waals surface area contributed by atoms with Crippen molar-refractivity contribution >= 4 is 111 Å². The number of rotatable bonds is 8. The van der Waals surface area contributed by atoms with E-state index in [1.165, 1.54) is 151 Å². The summed E-state index contributed by atoms with van der Waals surface area (Å²) in [5, 5.41) is 15.3. The van der Waals surface area contributed by atoms with E-state index in [0.29, 0.717) is 0 Å². The standard InChI is InChI=1S/C66H54N2/c1-5-19-45(20-6-1)43-47-35-39-51(40-36-47)67(49-23-9-3-10-24-49)65-57-29-15-13-27-55(57)63-61-53(31-17-33-59(61)65)54-32-18-34-60-62(54)64(63)56-28-14-16-30-58(56)66(60)68(50-25-11-4-12-26-50)52-41-37-48(38-42-52)44-46-21-7-2-8-22-46/h3-4,9-18,23-44H,1-2,5-8,19-22H2. The normalized spacial score (nSPS) is 14.4. The van der Waals surface area contributed by atoms with E-state index in [0.717, 1.165) is 22.7 Å². The Morgan fingerprint density at radius 3 is 0.956 bits per heavy atom. The topological polar surface area (TPSA) is 6.48 Å². The largest absolute Gasteiger partial charge is 0.309 e. The van der Waals surface area contributed by atoms with E-state index in [9.17, 15) is 0 Å². The Morgan fingerprint density at radius 2 is 0.559 bits per heavy atom. The van der Waals surface area contributed by atoms with Crippen molar-refractivity contribution in [1.82, 2.24) is 0 Å². The van der Waals surface area contributed by atoms with Gasteiger partial charge in [0, 0.05) is 55.1 Å². The summed E-state index contributed by atoms with van der Waals surface area (Å²) in [5.41, 5.74) is 12.7. The minimum atomic E-state index is 1.14. The van der Waals surface area contributed by atoms with Gasteiger partial charge in [-0.3, -0.25) is 0 Å². The van der Waals surface area contributed by atoms with Crippen LogP contribution >= 0.6 is 0 Å². The van der Waals surface area contributed by atoms with Crippen LogP contribution in [0, 0.1) is 0 Å². The number of fused-ring (bicyclic) bond motifs is 6. The maximum absolute atomic E-state index is 2.51. The summed E-state index contributed by atoms with van der Waals surface area (Å²) in [6.45, 7) is 0. The molecule has 2 nitrogen and oxygen atoms in total. The van der Waals surface area contributed by atoms with Crippen molar-refractivity contribution in [3.05, 3.63) is 216 Å². The fourth-order valence-electron chi connectivity index (χ4n) is 12.0. The van der Waals surface area contributed by atoms with Crippen LogP contribution in [0.5, 0.6) is 0 Å². The van der Waals surface area contributed by atoms with E-state index < -0.39 is 0 Å². The molecule has 2 saturated carbocycles. The van der Waals surface area contributed by atoms with E-state index in [1.54, 1.807) is 11.1 Å². The number of anilines is 6. The Hall–Kier alpha value is -7.68. The molecule has 11 aromatic carbocycles. The van der Waals surface area contributed by atoms with E-state index in [4.69, 9.17) is 0 Å². The average Bonchev–Trinajstić information content (AvgIpc) is 3.41. The highest BCUT2D eigenvalue weighted by Gasteiger charge is 2.27. The van der Waals surface area contributed by atoms with Gasteiger partial charge in [-0.2, -0.15) is 0 Å². The molecule has 11 aromatic rings. The van der Waals surface area contributed by atoms with Crippen molar-refractivity contribution < 1.29 is 0 Å². The van der Waals surface area contributed by atoms with Gasteiger partial charge in [0.15, 0.2) is 0 Å². The molecule has 0 unspecified atom stereocenters. The summed E-state index contributed by atoms with van der Waals surface area (Å²) in [6, 6.07) is 73.0. The Balaban J connectivity index is 1.09. The molecule has 0 amide bonds. The quantitative estimate of drug-likeness (QED) is 0.111. The minimum Gasteiger partial charge on any atom is -0.309 e. The van der Waals surface area contributed by atoms with E-state index >= 15 is 0 Å². The summed E-state index contributed by atoms with van der Waals surface area (Å²) in [4.78, 5) is 5.02. The van der Waals surface area contributed by atoms with Crippen molar-refractivity contribution in [3.8, 4) is 0 Å². The number of para-hydroxylation sites is 2. The molecule has 68 heavy (non-hydrogen) atoms. The highest BCUT2D eigenvalue weighted by molar-refractivity contribution is 6.46. The van der Waals surface area contributed by atoms with E-state index in [1.807, 2.05) is 0 Å². The Morgan fingerprint density at radius 1 is 0.250 bits per heavy atom. The molecule has 0 atom stereocenters. The van der Waals surface area contributed by atoms with Gasteiger partial charge < -0.3 is 9.80 Å². The number of nitrogens with zero attached hydrogens (tertiary/aromatic N) is 2. The van der Waals surface area contributed by atoms with Gasteiger partial charge in [0.05, 0.1) is 11.4 Å². The van der Waals surface area contributed by atoms with Crippen molar-refractivity contribution in [2.45, 2.75) is 64.2 Å². The first kappa shape index (κ1) is 40.6. The van der Waals surface area contributed by atoms with Crippen LogP contribution in [-0.4, -0.2) is 0 Å². The van der Waals surface area contributed by atoms with Gasteiger partial charge in [-0.1, -0.05) is 182 Å². The molecular formula is C66H54N2. The van der Waals surface area contributed by atoms with Crippen molar-refractivity contribution in [2.75, 3.05) is 9.80 Å². The van der Waals surface area contributed by atoms with Gasteiger partial charge in [-0.15, -0.1) is 0 Å². The van der Waals surface area contributed by atoms with Gasteiger partial charge in [-0.25, -0.2) is 0 Å². The molecule has 2 fully saturated rings. The van der Waals surface area contributed by atoms with Crippen LogP contribution in [0.15, 0.2) is 205 Å². The van der Waals surface area contributed by atoms with Gasteiger partial charge >= 0.3 is 0 Å². The maximum atomic E-state index is 2.51. The Labute approximate surface area is 399 Å². The summed E-state index contributed by atoms with van der Waals surface area (Å²) >= 11 is 0. The van der Waals surface area contributed by atoms with Crippen LogP contribution in [0.1, 0.15) is 75.3 Å². The lowest BCUT2D eigenvalue weighted by Crippen LogP contribution is -2.12. The molecular weight excluding hydrogens is 821 g/mol. The van der Waals surface area contributed by atoms with Crippen LogP contribution in [-0.2, 0) is 0 Å². The van der Waals surface area contributed by atoms with Crippen LogP contribution in [0.2, 0.25) is 0 Å². The summed E-state index contributed by atoms with van der Waals surface area (Å²) in [6.07, 6.45) is 17.7. The second-order valence-electron chi connectivity index (χ2n) is 19.2. The van der Waals surface area contributed by atoms with E-state index in [2.05, 4.69) is 216 Å². The van der Waals surface area contributed by atoms with Crippen LogP contribution in [0.25, 0.3) is 76.8 Å². The second kappa shape index (κ2) is 17.2. The molecule has 13 rings (SSSR count). The molecule has 2 aliphatic carbocycles. The number of benzene rings is 11. The van der Waals surface area contributed by atoms with E-state index in [-0.39, 0.29) is 0 Å². The first-order valence-corrected chi connectivity index (χ1v) is 25.0. The maximum Gasteiger partial charge on any atom is 0.0619 e. The van der Waals surface area contributed by atoms with Gasteiger partial charge in [-0.05, 0) is 143 Å². The molecule has 0 spiro atoms. The van der Waals surface area contributed by atoms with Gasteiger partial charge in [0.2, 0.25) is 0 Å². The van der Waals surface area contributed by atoms with Crippen LogP contribution < -0.4 is 9.80 Å². The number of hydrogen-bond donors (Lipinski definition) is 0. The van der Waals surface area contributed by atoms with Crippen molar-refractivity contribution in [3.63, 3.8) is 0 Å². The fourth-order valence-corrected chi connectivity index (χ4v) is 12.0. The second-order valence-corrected chi connectivity index (χ2v) is 19.2. The number of hydrogen-bond acceptors (Lipinski definition) is 2. The lowest BCUT2D eigenvalue weighted by Gasteiger charge is -2.31. The minimum absolute atomic E-state index is 1.14. The number of allylic oxidation sites excluding steroid dienone is 2. The molecule has 0 heterocycles. The molecule has 0 aliphatic heterocycles. The average molecular weight is 875 g/mol. The zero-order valence-corrected chi connectivity index (χ0v) is 38.6. The van der Waals surface area contributed by atoms with Gasteiger partial charge in [0.25, 0.3) is 0 Å². The predicted molar refractivity (Wildman–Crippen MR) is 294 cm³/mol. The fraction of sp³-hybridized carbons (Fsp3) is 0.152. The molecule has 0 radical (unpaired) electrons. The summed E-state index contributed by atoms with van der Waals surface area (Å²) < 4.78 is 0. The van der Waals surface area contributed by atoms with Crippen LogP contribution in [0.4, 0.5) is 34.1 Å². The lowest BCUT2D eigenvalue weighted by atomic mass is 9.83. The summed E-state index contributed by atoms with van der Waals surface area (Å²) in [7, 11) is 0. The molecule has 2 aliphatic rings. The summed E-state index contributed by atoms with van der Waals surface area (Å²) in [5.74, 6) is 0. The Bertz CT molecular complexity index is 3450. The van der Waals surface area contributed by atoms with Gasteiger partial charge in [0.1, 0.15) is 0 Å². The lowest BCUT2D eigenvalue weighted by molar-refractivity contribution is 0.602. The van der Waals surface area contributed by atoms with Crippen molar-refractivity contribution in [1.29, 1.82) is 0 Å². The monoisotopic (exact) mass is 874 g/mol. The third-order valence-electron chi connectivity index (χ3n) is 15.1. The first-order chi connectivity index (χ1) is 33.8. The third-order valence-corrected chi connectivity index (χ3v) is 15.1. The van der Waals surface area contributed by atoms with Crippen LogP contribution in [0.3, 0.4) is 0 Å². The highest BCUT2D eigenvalue weighted by atomic mass is 15.2. The highest BCUT2D eigenvalue weighted by Crippen LogP contribution is 2.55. The zero-order valence-electron chi connectivity index (χ0n) is 38.6. The third kappa shape index (κ3) is 6.93. The zero-order chi connectivity index (χ0) is 45.0. The smallest absolute Gasteiger partial charge is 0.0619 e. The first-order valence-electron chi connectivity index (χ1n) is 25.0. The predicted octanol–water partition coefficient (Wildman–Crippen LogP) is 19.7. The SMILES string of the molecule is C(=C1CCCCC1)c1ccc(N(c2ccccc2)c2c3ccccc3c3c4c2cccc4c2cccc4c(N(c5ccccc5)c5ccc(C=C6CCCCC6)cc5)c5ccccc5c3c42)cc1. The van der Waals surface area contributed by atoms with Crippen molar-refractivity contribution in [2.24, 2.45) is 0 Å². The molecule has 2 heteroatoms. The molecule has 0 aromatic heterocycles. The molecule has 0 bridgehead atoms. The molecule has 328 valence electrons. The molecule has 0 N–H and O–H groups in total. The Kier molecular flexibility index (Phi) is 10.3.